The van der Waals surface area contributed by atoms with Crippen LogP contribution in [0, 0.1) is 11.8 Å². The van der Waals surface area contributed by atoms with Crippen molar-refractivity contribution in [3.05, 3.63) is 35.4 Å². The standard InChI is InChI=1S/C14H17N3O2/c15-11(17-19)7-16-14(18)13-10-6-5-8-3-1-2-4-9(8)12(10)13/h1-4,10,12-13,19H,5-7H2,(H2,15,17)(H,16,18). The van der Waals surface area contributed by atoms with Gasteiger partial charge in [0.2, 0.25) is 5.91 Å². The summed E-state index contributed by atoms with van der Waals surface area (Å²) in [7, 11) is 0. The maximum absolute atomic E-state index is 12.1. The Balaban J connectivity index is 1.69. The van der Waals surface area contributed by atoms with Crippen LogP contribution in [0.25, 0.3) is 0 Å². The zero-order valence-electron chi connectivity index (χ0n) is 10.5. The van der Waals surface area contributed by atoms with E-state index in [-0.39, 0.29) is 24.2 Å². The third-order valence-electron chi connectivity index (χ3n) is 4.20. The first-order valence-corrected chi connectivity index (χ1v) is 6.54. The maximum atomic E-state index is 12.1. The lowest BCUT2D eigenvalue weighted by Gasteiger charge is -2.13. The highest BCUT2D eigenvalue weighted by Gasteiger charge is 2.56. The summed E-state index contributed by atoms with van der Waals surface area (Å²) in [6, 6.07) is 8.36. The van der Waals surface area contributed by atoms with Gasteiger partial charge >= 0.3 is 0 Å². The van der Waals surface area contributed by atoms with Crippen molar-refractivity contribution >= 4 is 11.7 Å². The van der Waals surface area contributed by atoms with Gasteiger partial charge in [-0.2, -0.15) is 0 Å². The van der Waals surface area contributed by atoms with Crippen LogP contribution in [0.15, 0.2) is 29.4 Å². The molecule has 0 aliphatic heterocycles. The molecule has 3 rings (SSSR count). The number of hydrogen-bond donors (Lipinski definition) is 3. The number of carbonyl (C=O) groups excluding carboxylic acids is 1. The van der Waals surface area contributed by atoms with E-state index in [1.807, 2.05) is 6.07 Å². The maximum Gasteiger partial charge on any atom is 0.224 e. The number of oxime groups is 1. The number of nitrogens with two attached hydrogens (primary N) is 1. The summed E-state index contributed by atoms with van der Waals surface area (Å²) in [6.45, 7) is 0.104. The molecule has 1 aromatic carbocycles. The first kappa shape index (κ1) is 12.0. The average molecular weight is 259 g/mol. The summed E-state index contributed by atoms with van der Waals surface area (Å²) >= 11 is 0. The zero-order chi connectivity index (χ0) is 13.4. The molecule has 0 saturated heterocycles. The van der Waals surface area contributed by atoms with E-state index in [1.165, 1.54) is 11.1 Å². The normalized spacial score (nSPS) is 28.2. The molecule has 1 saturated carbocycles. The van der Waals surface area contributed by atoms with Gasteiger partial charge in [0.15, 0.2) is 5.84 Å². The van der Waals surface area contributed by atoms with Crippen LogP contribution in [0.4, 0.5) is 0 Å². The van der Waals surface area contributed by atoms with Gasteiger partial charge in [0.1, 0.15) is 0 Å². The van der Waals surface area contributed by atoms with Crippen LogP contribution in [-0.2, 0) is 11.2 Å². The summed E-state index contributed by atoms with van der Waals surface area (Å²) in [4.78, 5) is 12.1. The van der Waals surface area contributed by atoms with Crippen molar-refractivity contribution in [3.63, 3.8) is 0 Å². The minimum absolute atomic E-state index is 0.0123. The predicted octanol–water partition coefficient (Wildman–Crippen LogP) is 0.825. The number of amidine groups is 1. The molecule has 3 atom stereocenters. The van der Waals surface area contributed by atoms with Crippen molar-refractivity contribution < 1.29 is 10.0 Å². The van der Waals surface area contributed by atoms with E-state index in [2.05, 4.69) is 28.7 Å². The van der Waals surface area contributed by atoms with Crippen LogP contribution >= 0.6 is 0 Å². The number of amides is 1. The fraction of sp³-hybridized carbons (Fsp3) is 0.429. The molecule has 1 aromatic rings. The highest BCUT2D eigenvalue weighted by atomic mass is 16.4. The van der Waals surface area contributed by atoms with E-state index in [0.29, 0.717) is 11.8 Å². The summed E-state index contributed by atoms with van der Waals surface area (Å²) in [5.74, 6) is 0.908. The number of aryl methyl sites for hydroxylation is 1. The first-order chi connectivity index (χ1) is 9.22. The van der Waals surface area contributed by atoms with Gasteiger partial charge in [0.25, 0.3) is 0 Å². The summed E-state index contributed by atoms with van der Waals surface area (Å²) in [6.07, 6.45) is 2.13. The van der Waals surface area contributed by atoms with Gasteiger partial charge in [-0.15, -0.1) is 0 Å². The molecule has 0 aromatic heterocycles. The number of hydrogen-bond acceptors (Lipinski definition) is 3. The second-order valence-electron chi connectivity index (χ2n) is 5.26. The molecule has 4 N–H and O–H groups in total. The van der Waals surface area contributed by atoms with Crippen molar-refractivity contribution in [2.45, 2.75) is 18.8 Å². The number of fused-ring (bicyclic) bond motifs is 3. The molecule has 0 bridgehead atoms. The van der Waals surface area contributed by atoms with E-state index in [1.54, 1.807) is 0 Å². The number of rotatable bonds is 3. The zero-order valence-corrected chi connectivity index (χ0v) is 10.5. The Morgan fingerprint density at radius 2 is 2.26 bits per heavy atom. The largest absolute Gasteiger partial charge is 0.409 e. The van der Waals surface area contributed by atoms with Crippen LogP contribution in [0.5, 0.6) is 0 Å². The highest BCUT2D eigenvalue weighted by molar-refractivity contribution is 5.89. The average Bonchev–Trinajstić information content (AvgIpc) is 3.19. The van der Waals surface area contributed by atoms with E-state index < -0.39 is 0 Å². The topological polar surface area (TPSA) is 87.7 Å². The van der Waals surface area contributed by atoms with Gasteiger partial charge in [-0.25, -0.2) is 0 Å². The van der Waals surface area contributed by atoms with Crippen LogP contribution in [-0.4, -0.2) is 23.5 Å². The van der Waals surface area contributed by atoms with Gasteiger partial charge in [0.05, 0.1) is 6.54 Å². The Labute approximate surface area is 111 Å². The van der Waals surface area contributed by atoms with Crippen molar-refractivity contribution in [3.8, 4) is 0 Å². The van der Waals surface area contributed by atoms with Gasteiger partial charge < -0.3 is 16.3 Å². The molecule has 19 heavy (non-hydrogen) atoms. The quantitative estimate of drug-likeness (QED) is 0.325. The Morgan fingerprint density at radius 1 is 1.47 bits per heavy atom. The van der Waals surface area contributed by atoms with E-state index in [0.717, 1.165) is 12.8 Å². The number of carbonyl (C=O) groups is 1. The van der Waals surface area contributed by atoms with Gasteiger partial charge in [-0.3, -0.25) is 4.79 Å². The Kier molecular flexibility index (Phi) is 2.89. The van der Waals surface area contributed by atoms with Crippen LogP contribution in [0.3, 0.4) is 0 Å². The van der Waals surface area contributed by atoms with Crippen molar-refractivity contribution in [2.24, 2.45) is 22.7 Å². The second kappa shape index (κ2) is 4.57. The predicted molar refractivity (Wildman–Crippen MR) is 70.9 cm³/mol. The minimum atomic E-state index is 0.0123. The molecule has 1 fully saturated rings. The molecule has 1 amide bonds. The summed E-state index contributed by atoms with van der Waals surface area (Å²) in [5, 5.41) is 14.0. The fourth-order valence-corrected chi connectivity index (χ4v) is 3.25. The number of nitrogens with one attached hydrogen (secondary N) is 1. The lowest BCUT2D eigenvalue weighted by Crippen LogP contribution is -2.34. The highest BCUT2D eigenvalue weighted by Crippen LogP contribution is 2.59. The number of benzene rings is 1. The summed E-state index contributed by atoms with van der Waals surface area (Å²) < 4.78 is 0. The molecule has 0 spiro atoms. The van der Waals surface area contributed by atoms with Gasteiger partial charge in [0, 0.05) is 5.92 Å². The smallest absolute Gasteiger partial charge is 0.224 e. The monoisotopic (exact) mass is 259 g/mol. The van der Waals surface area contributed by atoms with Gasteiger partial charge in [-0.1, -0.05) is 29.4 Å². The molecule has 2 aliphatic carbocycles. The SMILES string of the molecule is N/C(CNC(=O)C1C2CCc3ccccc3C21)=N/O. The molecule has 2 aliphatic rings. The lowest BCUT2D eigenvalue weighted by molar-refractivity contribution is -0.122. The van der Waals surface area contributed by atoms with Crippen LogP contribution in [0.2, 0.25) is 0 Å². The molecular formula is C14H17N3O2. The molecule has 100 valence electrons. The lowest BCUT2D eigenvalue weighted by atomic mass is 9.92. The van der Waals surface area contributed by atoms with E-state index >= 15 is 0 Å². The molecule has 0 heterocycles. The summed E-state index contributed by atoms with van der Waals surface area (Å²) in [5.41, 5.74) is 8.04. The van der Waals surface area contributed by atoms with Crippen LogP contribution in [0.1, 0.15) is 23.5 Å². The Bertz CT molecular complexity index is 541. The van der Waals surface area contributed by atoms with Crippen molar-refractivity contribution in [2.75, 3.05) is 6.54 Å². The van der Waals surface area contributed by atoms with Crippen molar-refractivity contribution in [1.29, 1.82) is 0 Å². The molecule has 3 unspecified atom stereocenters. The van der Waals surface area contributed by atoms with E-state index in [9.17, 15) is 4.79 Å². The Hall–Kier alpha value is -2.04. The van der Waals surface area contributed by atoms with Crippen LogP contribution < -0.4 is 11.1 Å². The molecular weight excluding hydrogens is 242 g/mol. The molecule has 5 nitrogen and oxygen atoms in total. The first-order valence-electron chi connectivity index (χ1n) is 6.54. The van der Waals surface area contributed by atoms with Crippen molar-refractivity contribution in [1.82, 2.24) is 5.32 Å². The third-order valence-corrected chi connectivity index (χ3v) is 4.20. The number of nitrogens with zero attached hydrogens (tertiary/aromatic N) is 1. The fourth-order valence-electron chi connectivity index (χ4n) is 3.25. The third kappa shape index (κ3) is 2.05. The molecule has 0 radical (unpaired) electrons. The molecule has 5 heteroatoms. The van der Waals surface area contributed by atoms with Gasteiger partial charge in [-0.05, 0) is 35.8 Å². The second-order valence-corrected chi connectivity index (χ2v) is 5.26. The van der Waals surface area contributed by atoms with E-state index in [4.69, 9.17) is 10.9 Å². The minimum Gasteiger partial charge on any atom is -0.409 e. The Morgan fingerprint density at radius 3 is 3.05 bits per heavy atom.